The highest BCUT2D eigenvalue weighted by Gasteiger charge is 2.27. The molecule has 116 valence electrons. The summed E-state index contributed by atoms with van der Waals surface area (Å²) in [7, 11) is 4.32. The second-order valence-electron chi connectivity index (χ2n) is 4.52. The van der Waals surface area contributed by atoms with Gasteiger partial charge in [0.15, 0.2) is 17.3 Å². The van der Waals surface area contributed by atoms with Gasteiger partial charge in [0, 0.05) is 5.56 Å². The summed E-state index contributed by atoms with van der Waals surface area (Å²) in [4.78, 5) is 15.9. The quantitative estimate of drug-likeness (QED) is 0.865. The van der Waals surface area contributed by atoms with Crippen molar-refractivity contribution in [2.45, 2.75) is 6.92 Å². The molecule has 0 aliphatic carbocycles. The molecule has 2 rings (SSSR count). The van der Waals surface area contributed by atoms with Crippen molar-refractivity contribution in [3.63, 3.8) is 0 Å². The number of aliphatic imine (C=N–C) groups is 1. The summed E-state index contributed by atoms with van der Waals surface area (Å²) < 4.78 is 15.2. The van der Waals surface area contributed by atoms with Gasteiger partial charge in [-0.25, -0.2) is 9.79 Å². The molecule has 0 saturated carbocycles. The van der Waals surface area contributed by atoms with Crippen LogP contribution >= 0.6 is 0 Å². The highest BCUT2D eigenvalue weighted by Crippen LogP contribution is 2.34. The number of carbonyl (C=O) groups is 1. The monoisotopic (exact) mass is 303 g/mol. The molecule has 0 amide bonds. The van der Waals surface area contributed by atoms with Crippen molar-refractivity contribution in [2.75, 3.05) is 21.3 Å². The lowest BCUT2D eigenvalue weighted by atomic mass is 10.1. The summed E-state index contributed by atoms with van der Waals surface area (Å²) in [6.07, 6.45) is 1.62. The fourth-order valence-electron chi connectivity index (χ4n) is 2.21. The van der Waals surface area contributed by atoms with Gasteiger partial charge < -0.3 is 19.3 Å². The Bertz CT molecular complexity index is 700. The largest absolute Gasteiger partial charge is 0.505 e. The third-order valence-corrected chi connectivity index (χ3v) is 3.24. The van der Waals surface area contributed by atoms with Crippen LogP contribution < -0.4 is 9.47 Å². The average molecular weight is 303 g/mol. The van der Waals surface area contributed by atoms with Crippen LogP contribution in [0.3, 0.4) is 0 Å². The van der Waals surface area contributed by atoms with Gasteiger partial charge in [0.25, 0.3) is 0 Å². The van der Waals surface area contributed by atoms with Gasteiger partial charge in [0.2, 0.25) is 0 Å². The van der Waals surface area contributed by atoms with Crippen LogP contribution in [-0.2, 0) is 9.53 Å². The summed E-state index contributed by atoms with van der Waals surface area (Å²) in [6, 6.07) is 5.35. The normalized spacial score (nSPS) is 15.8. The first-order valence-corrected chi connectivity index (χ1v) is 6.53. The van der Waals surface area contributed by atoms with Gasteiger partial charge in [-0.2, -0.15) is 0 Å². The molecule has 0 unspecified atom stereocenters. The van der Waals surface area contributed by atoms with Gasteiger partial charge in [0.05, 0.1) is 27.0 Å². The van der Waals surface area contributed by atoms with Crippen molar-refractivity contribution < 1.29 is 24.1 Å². The highest BCUT2D eigenvalue weighted by atomic mass is 16.5. The van der Waals surface area contributed by atoms with Crippen LogP contribution in [-0.4, -0.2) is 38.1 Å². The lowest BCUT2D eigenvalue weighted by molar-refractivity contribution is -0.135. The van der Waals surface area contributed by atoms with E-state index in [0.29, 0.717) is 22.8 Å². The summed E-state index contributed by atoms with van der Waals surface area (Å²) in [5.74, 6) is 0.242. The molecular formula is C16H17NO5. The van der Waals surface area contributed by atoms with Gasteiger partial charge in [0.1, 0.15) is 11.3 Å². The van der Waals surface area contributed by atoms with Gasteiger partial charge in [-0.3, -0.25) is 0 Å². The minimum atomic E-state index is -0.625. The van der Waals surface area contributed by atoms with Crippen molar-refractivity contribution in [1.82, 2.24) is 0 Å². The molecular weight excluding hydrogens is 286 g/mol. The van der Waals surface area contributed by atoms with E-state index in [0.717, 1.165) is 0 Å². The van der Waals surface area contributed by atoms with Crippen LogP contribution in [0.5, 0.6) is 11.5 Å². The number of benzene rings is 1. The number of hydrogen-bond acceptors (Lipinski definition) is 6. The van der Waals surface area contributed by atoms with Gasteiger partial charge in [-0.15, -0.1) is 0 Å². The van der Waals surface area contributed by atoms with E-state index >= 15 is 0 Å². The van der Waals surface area contributed by atoms with Gasteiger partial charge in [-0.1, -0.05) is 12.1 Å². The summed E-state index contributed by atoms with van der Waals surface area (Å²) in [5.41, 5.74) is 1.41. The predicted molar refractivity (Wildman–Crippen MR) is 82.3 cm³/mol. The molecule has 0 fully saturated rings. The number of nitrogens with zero attached hydrogens (tertiary/aromatic N) is 1. The Morgan fingerprint density at radius 2 is 1.95 bits per heavy atom. The average Bonchev–Trinajstić information content (AvgIpc) is 2.80. The second-order valence-corrected chi connectivity index (χ2v) is 4.52. The molecule has 1 N–H and O–H groups in total. The SMILES string of the molecule is COC(=O)C1=C(O)/C(=C\c2cccc(OC)c2OC)N=C1C. The number of methoxy groups -OCH3 is 3. The number of carbonyl (C=O) groups excluding carboxylic acids is 1. The van der Waals surface area contributed by atoms with Crippen molar-refractivity contribution in [1.29, 1.82) is 0 Å². The molecule has 6 heteroatoms. The second kappa shape index (κ2) is 6.34. The number of ether oxygens (including phenoxy) is 3. The highest BCUT2D eigenvalue weighted by molar-refractivity contribution is 6.22. The van der Waals surface area contributed by atoms with Crippen LogP contribution in [0.1, 0.15) is 12.5 Å². The van der Waals surface area contributed by atoms with Gasteiger partial charge >= 0.3 is 5.97 Å². The van der Waals surface area contributed by atoms with E-state index in [2.05, 4.69) is 9.73 Å². The molecule has 1 aromatic rings. The van der Waals surface area contributed by atoms with E-state index in [-0.39, 0.29) is 17.0 Å². The van der Waals surface area contributed by atoms with E-state index in [1.807, 2.05) is 0 Å². The minimum Gasteiger partial charge on any atom is -0.505 e. The van der Waals surface area contributed by atoms with E-state index < -0.39 is 5.97 Å². The van der Waals surface area contributed by atoms with Gasteiger partial charge in [-0.05, 0) is 19.1 Å². The summed E-state index contributed by atoms with van der Waals surface area (Å²) >= 11 is 0. The van der Waals surface area contributed by atoms with Crippen molar-refractivity contribution >= 4 is 17.8 Å². The fourth-order valence-corrected chi connectivity index (χ4v) is 2.21. The maximum absolute atomic E-state index is 11.7. The zero-order valence-corrected chi connectivity index (χ0v) is 12.8. The number of aliphatic hydroxyl groups excluding tert-OH is 1. The molecule has 1 aliphatic heterocycles. The predicted octanol–water partition coefficient (Wildman–Crippen LogP) is 2.50. The molecule has 1 heterocycles. The third kappa shape index (κ3) is 2.67. The first kappa shape index (κ1) is 15.6. The zero-order valence-electron chi connectivity index (χ0n) is 12.8. The standard InChI is InChI=1S/C16H17NO5/c1-9-13(16(19)22-4)14(18)11(17-9)8-10-6-5-7-12(20-2)15(10)21-3/h5-8,18H,1-4H3/b11-8+. The van der Waals surface area contributed by atoms with E-state index in [4.69, 9.17) is 9.47 Å². The summed E-state index contributed by atoms with van der Waals surface area (Å²) in [5, 5.41) is 10.2. The Morgan fingerprint density at radius 1 is 1.23 bits per heavy atom. The number of aliphatic hydroxyl groups is 1. The van der Waals surface area contributed by atoms with Crippen LogP contribution in [0.25, 0.3) is 6.08 Å². The Balaban J connectivity index is 2.52. The topological polar surface area (TPSA) is 77.4 Å². The number of rotatable bonds is 4. The Morgan fingerprint density at radius 3 is 2.55 bits per heavy atom. The molecule has 0 spiro atoms. The number of para-hydroxylation sites is 1. The van der Waals surface area contributed by atoms with Crippen LogP contribution in [0.15, 0.2) is 40.2 Å². The van der Waals surface area contributed by atoms with E-state index in [1.165, 1.54) is 14.2 Å². The molecule has 0 saturated heterocycles. The Kier molecular flexibility index (Phi) is 4.50. The lowest BCUT2D eigenvalue weighted by Gasteiger charge is -2.10. The first-order chi connectivity index (χ1) is 10.5. The molecule has 6 nitrogen and oxygen atoms in total. The third-order valence-electron chi connectivity index (χ3n) is 3.24. The maximum atomic E-state index is 11.7. The Labute approximate surface area is 128 Å². The molecule has 0 radical (unpaired) electrons. The number of esters is 1. The zero-order chi connectivity index (χ0) is 16.3. The molecule has 0 bridgehead atoms. The van der Waals surface area contributed by atoms with E-state index in [9.17, 15) is 9.90 Å². The lowest BCUT2D eigenvalue weighted by Crippen LogP contribution is -2.11. The van der Waals surface area contributed by atoms with Crippen molar-refractivity contribution in [2.24, 2.45) is 4.99 Å². The maximum Gasteiger partial charge on any atom is 0.343 e. The number of hydrogen-bond donors (Lipinski definition) is 1. The van der Waals surface area contributed by atoms with Crippen molar-refractivity contribution in [3.05, 3.63) is 40.8 Å². The van der Waals surface area contributed by atoms with Crippen LogP contribution in [0, 0.1) is 0 Å². The van der Waals surface area contributed by atoms with Crippen LogP contribution in [0.4, 0.5) is 0 Å². The Hall–Kier alpha value is -2.76. The molecule has 22 heavy (non-hydrogen) atoms. The molecule has 1 aliphatic rings. The van der Waals surface area contributed by atoms with Crippen molar-refractivity contribution in [3.8, 4) is 11.5 Å². The smallest absolute Gasteiger partial charge is 0.343 e. The first-order valence-electron chi connectivity index (χ1n) is 6.53. The molecule has 0 atom stereocenters. The fraction of sp³-hybridized carbons (Fsp3) is 0.250. The summed E-state index contributed by atoms with van der Waals surface area (Å²) in [6.45, 7) is 1.63. The molecule has 1 aromatic carbocycles. The van der Waals surface area contributed by atoms with Crippen LogP contribution in [0.2, 0.25) is 0 Å². The molecule has 0 aromatic heterocycles. The minimum absolute atomic E-state index is 0.0654. The van der Waals surface area contributed by atoms with E-state index in [1.54, 1.807) is 38.3 Å².